The zero-order chi connectivity index (χ0) is 11.5. The molecule has 1 aromatic carbocycles. The van der Waals surface area contributed by atoms with Crippen LogP contribution in [0.5, 0.6) is 0 Å². The van der Waals surface area contributed by atoms with Crippen molar-refractivity contribution in [3.05, 3.63) is 35.9 Å². The summed E-state index contributed by atoms with van der Waals surface area (Å²) < 4.78 is 0. The van der Waals surface area contributed by atoms with Gasteiger partial charge in [0.05, 0.1) is 6.07 Å². The summed E-state index contributed by atoms with van der Waals surface area (Å²) in [6.45, 7) is 0.604. The number of likely N-dealkylation sites (tertiary alicyclic amines) is 1. The Morgan fingerprint density at radius 1 is 1.31 bits per heavy atom. The van der Waals surface area contributed by atoms with E-state index in [1.54, 1.807) is 0 Å². The molecule has 0 unspecified atom stereocenters. The van der Waals surface area contributed by atoms with Crippen molar-refractivity contribution in [2.75, 3.05) is 6.54 Å². The van der Waals surface area contributed by atoms with E-state index in [2.05, 4.69) is 0 Å². The van der Waals surface area contributed by atoms with E-state index in [1.165, 1.54) is 4.90 Å². The molecule has 1 aliphatic heterocycles. The number of hydrogen-bond acceptors (Lipinski definition) is 3. The van der Waals surface area contributed by atoms with E-state index in [0.717, 1.165) is 5.56 Å². The van der Waals surface area contributed by atoms with E-state index < -0.39 is 17.6 Å². The van der Waals surface area contributed by atoms with E-state index in [4.69, 9.17) is 5.26 Å². The van der Waals surface area contributed by atoms with Gasteiger partial charge in [-0.05, 0) is 5.56 Å². The number of ketones is 1. The fourth-order valence-corrected chi connectivity index (χ4v) is 1.73. The lowest BCUT2D eigenvalue weighted by atomic mass is 10.1. The van der Waals surface area contributed by atoms with Crippen molar-refractivity contribution < 1.29 is 9.59 Å². The molecule has 0 N–H and O–H groups in total. The maximum atomic E-state index is 11.5. The molecule has 4 nitrogen and oxygen atoms in total. The fraction of sp³-hybridized carbons (Fsp3) is 0.250. The predicted molar refractivity (Wildman–Crippen MR) is 56.0 cm³/mol. The van der Waals surface area contributed by atoms with Gasteiger partial charge in [-0.2, -0.15) is 5.26 Å². The van der Waals surface area contributed by atoms with Crippen molar-refractivity contribution in [3.63, 3.8) is 0 Å². The second-order valence-electron chi connectivity index (χ2n) is 3.72. The lowest BCUT2D eigenvalue weighted by Crippen LogP contribution is -2.26. The second kappa shape index (κ2) is 4.15. The first-order chi connectivity index (χ1) is 7.72. The number of carbonyl (C=O) groups is 2. The number of rotatable bonds is 2. The van der Waals surface area contributed by atoms with Crippen molar-refractivity contribution in [1.29, 1.82) is 5.26 Å². The summed E-state index contributed by atoms with van der Waals surface area (Å²) in [4.78, 5) is 24.2. The number of nitriles is 1. The molecule has 80 valence electrons. The maximum absolute atomic E-state index is 11.5. The monoisotopic (exact) mass is 214 g/mol. The molecule has 2 rings (SSSR count). The Morgan fingerprint density at radius 3 is 2.56 bits per heavy atom. The molecule has 1 atom stereocenters. The zero-order valence-corrected chi connectivity index (χ0v) is 8.59. The van der Waals surface area contributed by atoms with Gasteiger partial charge in [0.2, 0.25) is 5.78 Å². The third-order valence-electron chi connectivity index (χ3n) is 2.59. The standard InChI is InChI=1S/C12H10N2O2/c13-6-10-8-14(12(16)11(10)15)7-9-4-2-1-3-5-9/h1-5,10H,7-8H2/t10-/m0/s1. The van der Waals surface area contributed by atoms with Crippen LogP contribution in [0.15, 0.2) is 30.3 Å². The summed E-state index contributed by atoms with van der Waals surface area (Å²) in [6.07, 6.45) is 0. The van der Waals surface area contributed by atoms with Gasteiger partial charge in [0.1, 0.15) is 5.92 Å². The highest BCUT2D eigenvalue weighted by atomic mass is 16.2. The minimum Gasteiger partial charge on any atom is -0.330 e. The minimum absolute atomic E-state index is 0.211. The molecule has 0 aliphatic carbocycles. The Hall–Kier alpha value is -2.15. The molecule has 4 heteroatoms. The molecule has 16 heavy (non-hydrogen) atoms. The molecule has 0 bridgehead atoms. The molecule has 0 aromatic heterocycles. The van der Waals surface area contributed by atoms with Crippen molar-refractivity contribution in [3.8, 4) is 6.07 Å². The number of amides is 1. The van der Waals surface area contributed by atoms with Crippen LogP contribution in [0.1, 0.15) is 5.56 Å². The average Bonchev–Trinajstić information content (AvgIpc) is 2.58. The Labute approximate surface area is 93.1 Å². The zero-order valence-electron chi connectivity index (χ0n) is 8.59. The Kier molecular flexibility index (Phi) is 2.69. The first-order valence-corrected chi connectivity index (χ1v) is 4.99. The van der Waals surface area contributed by atoms with Crippen molar-refractivity contribution in [1.82, 2.24) is 4.90 Å². The number of nitrogens with zero attached hydrogens (tertiary/aromatic N) is 2. The summed E-state index contributed by atoms with van der Waals surface area (Å²) >= 11 is 0. The Balaban J connectivity index is 2.11. The largest absolute Gasteiger partial charge is 0.330 e. The van der Waals surface area contributed by atoms with Crippen LogP contribution < -0.4 is 0 Å². The smallest absolute Gasteiger partial charge is 0.291 e. The lowest BCUT2D eigenvalue weighted by molar-refractivity contribution is -0.140. The molecular formula is C12H10N2O2. The predicted octanol–water partition coefficient (Wildman–Crippen LogP) is 0.738. The summed E-state index contributed by atoms with van der Waals surface area (Å²) in [6, 6.07) is 11.3. The highest BCUT2D eigenvalue weighted by Gasteiger charge is 2.38. The Morgan fingerprint density at radius 2 is 2.00 bits per heavy atom. The number of Topliss-reactive ketones (excluding diaryl/α,β-unsaturated/α-hetero) is 1. The van der Waals surface area contributed by atoms with Crippen LogP contribution in [-0.2, 0) is 16.1 Å². The molecule has 0 spiro atoms. The van der Waals surface area contributed by atoms with Gasteiger partial charge in [-0.15, -0.1) is 0 Å². The molecule has 1 amide bonds. The number of carbonyl (C=O) groups excluding carboxylic acids is 2. The van der Waals surface area contributed by atoms with E-state index in [0.29, 0.717) is 6.54 Å². The first-order valence-electron chi connectivity index (χ1n) is 4.99. The van der Waals surface area contributed by atoms with Gasteiger partial charge in [0, 0.05) is 13.1 Å². The average molecular weight is 214 g/mol. The van der Waals surface area contributed by atoms with Crippen LogP contribution in [0.25, 0.3) is 0 Å². The molecule has 0 radical (unpaired) electrons. The molecule has 1 heterocycles. The quantitative estimate of drug-likeness (QED) is 0.682. The molecule has 1 fully saturated rings. The topological polar surface area (TPSA) is 61.2 Å². The second-order valence-corrected chi connectivity index (χ2v) is 3.72. The summed E-state index contributed by atoms with van der Waals surface area (Å²) in [7, 11) is 0. The molecule has 1 saturated heterocycles. The summed E-state index contributed by atoms with van der Waals surface area (Å²) in [5.41, 5.74) is 0.960. The minimum atomic E-state index is -0.795. The number of hydrogen-bond donors (Lipinski definition) is 0. The SMILES string of the molecule is N#C[C@H]1CN(Cc2ccccc2)C(=O)C1=O. The molecule has 1 aromatic rings. The fourth-order valence-electron chi connectivity index (χ4n) is 1.73. The van der Waals surface area contributed by atoms with Crippen LogP contribution in [0, 0.1) is 17.2 Å². The number of benzene rings is 1. The normalized spacial score (nSPS) is 19.9. The van der Waals surface area contributed by atoms with Crippen molar-refractivity contribution >= 4 is 11.7 Å². The van der Waals surface area contributed by atoms with Gasteiger partial charge in [0.15, 0.2) is 0 Å². The van der Waals surface area contributed by atoms with Crippen molar-refractivity contribution in [2.45, 2.75) is 6.54 Å². The summed E-state index contributed by atoms with van der Waals surface area (Å²) in [5.74, 6) is -1.93. The third-order valence-corrected chi connectivity index (χ3v) is 2.59. The first kappa shape index (κ1) is 10.4. The van der Waals surface area contributed by atoms with E-state index in [1.807, 2.05) is 36.4 Å². The van der Waals surface area contributed by atoms with Crippen LogP contribution >= 0.6 is 0 Å². The van der Waals surface area contributed by atoms with Gasteiger partial charge >= 0.3 is 0 Å². The van der Waals surface area contributed by atoms with Gasteiger partial charge in [-0.25, -0.2) is 0 Å². The lowest BCUT2D eigenvalue weighted by Gasteiger charge is -2.14. The molecular weight excluding hydrogens is 204 g/mol. The maximum Gasteiger partial charge on any atom is 0.291 e. The van der Waals surface area contributed by atoms with Gasteiger partial charge in [-0.3, -0.25) is 9.59 Å². The third kappa shape index (κ3) is 1.80. The van der Waals surface area contributed by atoms with Crippen LogP contribution in [-0.4, -0.2) is 23.1 Å². The van der Waals surface area contributed by atoms with Crippen molar-refractivity contribution in [2.24, 2.45) is 5.92 Å². The van der Waals surface area contributed by atoms with Crippen LogP contribution in [0.3, 0.4) is 0 Å². The highest BCUT2D eigenvalue weighted by Crippen LogP contribution is 2.16. The molecule has 1 aliphatic rings. The van der Waals surface area contributed by atoms with E-state index >= 15 is 0 Å². The van der Waals surface area contributed by atoms with Gasteiger partial charge in [0.25, 0.3) is 5.91 Å². The van der Waals surface area contributed by atoms with E-state index in [9.17, 15) is 9.59 Å². The Bertz CT molecular complexity index is 462. The summed E-state index contributed by atoms with van der Waals surface area (Å²) in [5, 5.41) is 8.69. The highest BCUT2D eigenvalue weighted by molar-refractivity contribution is 6.39. The van der Waals surface area contributed by atoms with E-state index in [-0.39, 0.29) is 6.54 Å². The van der Waals surface area contributed by atoms with Gasteiger partial charge < -0.3 is 4.90 Å². The van der Waals surface area contributed by atoms with Gasteiger partial charge in [-0.1, -0.05) is 30.3 Å². The van der Waals surface area contributed by atoms with Crippen LogP contribution in [0.2, 0.25) is 0 Å². The molecule has 0 saturated carbocycles. The van der Waals surface area contributed by atoms with Crippen LogP contribution in [0.4, 0.5) is 0 Å².